The van der Waals surface area contributed by atoms with E-state index >= 15 is 0 Å². The molecule has 0 aromatic heterocycles. The lowest BCUT2D eigenvalue weighted by atomic mass is 9.90. The van der Waals surface area contributed by atoms with Gasteiger partial charge in [-0.25, -0.2) is 0 Å². The van der Waals surface area contributed by atoms with Gasteiger partial charge in [0.05, 0.1) is 0 Å². The second kappa shape index (κ2) is 6.71. The number of benzene rings is 1. The van der Waals surface area contributed by atoms with E-state index in [9.17, 15) is 22.8 Å². The maximum absolute atomic E-state index is 12.7. The third-order valence-electron chi connectivity index (χ3n) is 4.91. The monoisotopic (exact) mass is 368 g/mol. The van der Waals surface area contributed by atoms with Gasteiger partial charge in [-0.15, -0.1) is 0 Å². The first-order valence-corrected chi connectivity index (χ1v) is 8.35. The normalized spacial score (nSPS) is 22.9. The molecule has 2 atom stereocenters. The fourth-order valence-corrected chi connectivity index (χ4v) is 3.53. The van der Waals surface area contributed by atoms with Crippen LogP contribution >= 0.6 is 0 Å². The van der Waals surface area contributed by atoms with Gasteiger partial charge in [0.1, 0.15) is 5.84 Å². The molecule has 2 aliphatic rings. The molecule has 26 heavy (non-hydrogen) atoms. The highest BCUT2D eigenvalue weighted by atomic mass is 19.4. The second-order valence-corrected chi connectivity index (χ2v) is 6.65. The van der Waals surface area contributed by atoms with E-state index in [0.29, 0.717) is 12.1 Å². The zero-order valence-corrected chi connectivity index (χ0v) is 13.9. The quantitative estimate of drug-likeness (QED) is 0.549. The van der Waals surface area contributed by atoms with Crippen LogP contribution in [0.1, 0.15) is 47.2 Å². The molecular weight excluding hydrogens is 349 g/mol. The molecule has 1 saturated carbocycles. The number of nitrogens with two attached hydrogens (primary N) is 1. The second-order valence-electron chi connectivity index (χ2n) is 6.65. The Morgan fingerprint density at radius 2 is 1.96 bits per heavy atom. The molecule has 0 radical (unpaired) electrons. The highest BCUT2D eigenvalue weighted by Crippen LogP contribution is 2.31. The molecule has 0 saturated heterocycles. The highest BCUT2D eigenvalue weighted by molar-refractivity contribution is 6.09. The van der Waals surface area contributed by atoms with Crippen molar-refractivity contribution in [2.24, 2.45) is 5.73 Å². The van der Waals surface area contributed by atoms with Gasteiger partial charge in [-0.1, -0.05) is 25.0 Å². The van der Waals surface area contributed by atoms with Crippen molar-refractivity contribution in [1.29, 1.82) is 5.41 Å². The summed E-state index contributed by atoms with van der Waals surface area (Å²) in [6.07, 6.45) is -1.37. The van der Waals surface area contributed by atoms with E-state index in [1.165, 1.54) is 17.4 Å². The molecule has 1 fully saturated rings. The van der Waals surface area contributed by atoms with Gasteiger partial charge in [0, 0.05) is 29.8 Å². The molecule has 1 aromatic rings. The Balaban J connectivity index is 1.78. The summed E-state index contributed by atoms with van der Waals surface area (Å²) < 4.78 is 37.0. The topological polar surface area (TPSA) is 99.3 Å². The molecule has 0 spiro atoms. The molecule has 4 N–H and O–H groups in total. The van der Waals surface area contributed by atoms with Crippen LogP contribution in [0, 0.1) is 5.41 Å². The number of nitrogens with zero attached hydrogens (tertiary/aromatic N) is 1. The van der Waals surface area contributed by atoms with Crippen molar-refractivity contribution in [2.75, 3.05) is 0 Å². The maximum atomic E-state index is 12.7. The van der Waals surface area contributed by atoms with Crippen LogP contribution in [0.3, 0.4) is 0 Å². The van der Waals surface area contributed by atoms with Crippen molar-refractivity contribution >= 4 is 17.6 Å². The van der Waals surface area contributed by atoms with Gasteiger partial charge in [-0.3, -0.25) is 15.0 Å². The zero-order chi connectivity index (χ0) is 19.1. The van der Waals surface area contributed by atoms with E-state index in [1.807, 2.05) is 0 Å². The Kier molecular flexibility index (Phi) is 4.74. The number of carbonyl (C=O) groups excluding carboxylic acids is 2. The number of rotatable bonds is 2. The summed E-state index contributed by atoms with van der Waals surface area (Å²) in [6.45, 7) is 0.398. The van der Waals surface area contributed by atoms with Crippen LogP contribution in [0.4, 0.5) is 13.2 Å². The molecule has 2 amide bonds. The maximum Gasteiger partial charge on any atom is 0.471 e. The fraction of sp³-hybridized carbons (Fsp3) is 0.471. The van der Waals surface area contributed by atoms with Gasteiger partial charge in [0.2, 0.25) is 0 Å². The highest BCUT2D eigenvalue weighted by Gasteiger charge is 2.40. The summed E-state index contributed by atoms with van der Waals surface area (Å²) in [7, 11) is 0. The summed E-state index contributed by atoms with van der Waals surface area (Å²) in [5.74, 6) is -3.15. The van der Waals surface area contributed by atoms with Crippen LogP contribution in [-0.2, 0) is 11.3 Å². The number of hydrogen-bond acceptors (Lipinski definition) is 4. The van der Waals surface area contributed by atoms with Crippen molar-refractivity contribution in [3.63, 3.8) is 0 Å². The van der Waals surface area contributed by atoms with Gasteiger partial charge in [-0.2, -0.15) is 13.2 Å². The van der Waals surface area contributed by atoms with Crippen LogP contribution in [-0.4, -0.2) is 40.8 Å². The minimum Gasteiger partial charge on any atom is -0.330 e. The molecule has 1 unspecified atom stereocenters. The van der Waals surface area contributed by atoms with Gasteiger partial charge >= 0.3 is 12.1 Å². The first-order valence-electron chi connectivity index (χ1n) is 8.35. The lowest BCUT2D eigenvalue weighted by Gasteiger charge is -2.35. The number of fused-ring (bicyclic) bond motifs is 1. The van der Waals surface area contributed by atoms with Gasteiger partial charge in [-0.05, 0) is 24.5 Å². The number of halogens is 3. The smallest absolute Gasteiger partial charge is 0.330 e. The standard InChI is InChI=1S/C17H19F3N4O2/c18-17(19,20)16(26)23-14(22)9-5-6-10-8-24(15(25)11(10)7-9)13-4-2-1-3-12(13)21/h5-7,12-13H,1-4,8,21H2,(H2,22,23,26)/t12-,13?/m1/s1. The molecule has 1 aliphatic carbocycles. The average Bonchev–Trinajstić information content (AvgIpc) is 2.90. The van der Waals surface area contributed by atoms with E-state index in [1.54, 1.807) is 11.0 Å². The third kappa shape index (κ3) is 3.44. The predicted molar refractivity (Wildman–Crippen MR) is 87.6 cm³/mol. The number of nitrogens with one attached hydrogen (secondary N) is 2. The van der Waals surface area contributed by atoms with Crippen LogP contribution in [0.15, 0.2) is 18.2 Å². The van der Waals surface area contributed by atoms with Crippen molar-refractivity contribution in [2.45, 2.75) is 50.5 Å². The SMILES string of the molecule is N=C(NC(=O)C(F)(F)F)c1ccc2c(c1)C(=O)N(C1CCCC[C@H]1N)C2. The number of hydrogen-bond donors (Lipinski definition) is 3. The Bertz CT molecular complexity index is 763. The van der Waals surface area contributed by atoms with Gasteiger partial charge in [0.25, 0.3) is 5.91 Å². The molecule has 6 nitrogen and oxygen atoms in total. The van der Waals surface area contributed by atoms with Crippen LogP contribution in [0.5, 0.6) is 0 Å². The number of amides is 2. The van der Waals surface area contributed by atoms with E-state index < -0.39 is 17.9 Å². The van der Waals surface area contributed by atoms with Crippen LogP contribution < -0.4 is 11.1 Å². The fourth-order valence-electron chi connectivity index (χ4n) is 3.53. The molecular formula is C17H19F3N4O2. The molecule has 0 bridgehead atoms. The number of amidine groups is 1. The first-order chi connectivity index (χ1) is 12.2. The van der Waals surface area contributed by atoms with Gasteiger partial charge < -0.3 is 16.0 Å². The largest absolute Gasteiger partial charge is 0.471 e. The minimum atomic E-state index is -5.08. The van der Waals surface area contributed by atoms with Crippen molar-refractivity contribution in [1.82, 2.24) is 10.2 Å². The van der Waals surface area contributed by atoms with Crippen LogP contribution in [0.2, 0.25) is 0 Å². The molecule has 140 valence electrons. The molecule has 1 aromatic carbocycles. The summed E-state index contributed by atoms with van der Waals surface area (Å²) in [5, 5.41) is 9.17. The van der Waals surface area contributed by atoms with E-state index in [2.05, 4.69) is 0 Å². The third-order valence-corrected chi connectivity index (χ3v) is 4.91. The lowest BCUT2D eigenvalue weighted by Crippen LogP contribution is -2.49. The Hall–Kier alpha value is -2.42. The van der Waals surface area contributed by atoms with E-state index in [0.717, 1.165) is 31.2 Å². The molecule has 1 heterocycles. The van der Waals surface area contributed by atoms with Crippen molar-refractivity contribution in [3.8, 4) is 0 Å². The summed E-state index contributed by atoms with van der Waals surface area (Å²) >= 11 is 0. The Morgan fingerprint density at radius 1 is 1.27 bits per heavy atom. The summed E-state index contributed by atoms with van der Waals surface area (Å²) in [6, 6.07) is 4.23. The minimum absolute atomic E-state index is 0.0458. The predicted octanol–water partition coefficient (Wildman–Crippen LogP) is 1.92. The number of alkyl halides is 3. The lowest BCUT2D eigenvalue weighted by molar-refractivity contribution is -0.171. The van der Waals surface area contributed by atoms with Crippen molar-refractivity contribution < 1.29 is 22.8 Å². The Morgan fingerprint density at radius 3 is 2.62 bits per heavy atom. The van der Waals surface area contributed by atoms with Crippen LogP contribution in [0.25, 0.3) is 0 Å². The Labute approximate surface area is 148 Å². The first kappa shape index (κ1) is 18.4. The molecule has 9 heteroatoms. The summed E-state index contributed by atoms with van der Waals surface area (Å²) in [5.41, 5.74) is 7.27. The summed E-state index contributed by atoms with van der Waals surface area (Å²) in [4.78, 5) is 25.4. The van der Waals surface area contributed by atoms with Gasteiger partial charge in [0.15, 0.2) is 0 Å². The van der Waals surface area contributed by atoms with Crippen molar-refractivity contribution in [3.05, 3.63) is 34.9 Å². The number of carbonyl (C=O) groups is 2. The molecule has 3 rings (SSSR count). The van der Waals surface area contributed by atoms with E-state index in [4.69, 9.17) is 11.1 Å². The zero-order valence-electron chi connectivity index (χ0n) is 13.9. The van der Waals surface area contributed by atoms with E-state index in [-0.39, 0.29) is 23.6 Å². The average molecular weight is 368 g/mol. The molecule has 1 aliphatic heterocycles.